The first kappa shape index (κ1) is 17.8. The number of aromatic carboxylic acids is 1. The number of nitrogens with one attached hydrogen (secondary N) is 2. The van der Waals surface area contributed by atoms with Crippen molar-refractivity contribution in [1.29, 1.82) is 0 Å². The number of carboxylic acids is 1. The van der Waals surface area contributed by atoms with Crippen molar-refractivity contribution >= 4 is 22.7 Å². The minimum atomic E-state index is -0.999. The molecule has 1 aromatic heterocycles. The number of nitrogens with zero attached hydrogens (tertiary/aromatic N) is 2. The maximum absolute atomic E-state index is 11.5. The number of hydrogen-bond donors (Lipinski definition) is 3. The number of carboxylic acid groups (broad SMARTS) is 1. The molecule has 3 aromatic rings. The quantitative estimate of drug-likeness (QED) is 0.605. The molecule has 0 saturated heterocycles. The maximum Gasteiger partial charge on any atom is 0.337 e. The van der Waals surface area contributed by atoms with Gasteiger partial charge in [0, 0.05) is 18.0 Å². The molecule has 0 fully saturated rings. The van der Waals surface area contributed by atoms with E-state index in [1.807, 2.05) is 24.3 Å². The molecule has 0 aliphatic carbocycles. The van der Waals surface area contributed by atoms with Gasteiger partial charge >= 0.3 is 5.97 Å². The lowest BCUT2D eigenvalue weighted by molar-refractivity contribution is 0.0699. The Morgan fingerprint density at radius 3 is 2.54 bits per heavy atom. The highest BCUT2D eigenvalue weighted by Crippen LogP contribution is 2.26. The largest absolute Gasteiger partial charge is 0.478 e. The Balaban J connectivity index is 1.98. The zero-order valence-corrected chi connectivity index (χ0v) is 14.8. The third kappa shape index (κ3) is 3.97. The van der Waals surface area contributed by atoms with Crippen molar-refractivity contribution in [3.05, 3.63) is 66.0 Å². The topological polar surface area (TPSA) is 87.1 Å². The minimum absolute atomic E-state index is 0.00909. The number of fused-ring (bicyclic) bond motifs is 1. The predicted octanol–water partition coefficient (Wildman–Crippen LogP) is 3.48. The van der Waals surface area contributed by atoms with E-state index < -0.39 is 5.97 Å². The zero-order valence-electron chi connectivity index (χ0n) is 14.8. The Labute approximate surface area is 152 Å². The summed E-state index contributed by atoms with van der Waals surface area (Å²) in [6.45, 7) is 4.91. The summed E-state index contributed by atoms with van der Waals surface area (Å²) in [4.78, 5) is 20.0. The van der Waals surface area contributed by atoms with E-state index in [9.17, 15) is 9.90 Å². The summed E-state index contributed by atoms with van der Waals surface area (Å²) in [6.07, 6.45) is 1.40. The van der Waals surface area contributed by atoms with Crippen molar-refractivity contribution in [2.45, 2.75) is 25.9 Å². The van der Waals surface area contributed by atoms with E-state index in [-0.39, 0.29) is 11.6 Å². The third-order valence-corrected chi connectivity index (χ3v) is 4.14. The van der Waals surface area contributed by atoms with Crippen LogP contribution in [0.25, 0.3) is 10.9 Å². The van der Waals surface area contributed by atoms with Gasteiger partial charge in [0.25, 0.3) is 0 Å². The van der Waals surface area contributed by atoms with Crippen LogP contribution >= 0.6 is 0 Å². The highest BCUT2D eigenvalue weighted by Gasteiger charge is 2.16. The van der Waals surface area contributed by atoms with Gasteiger partial charge in [-0.1, -0.05) is 50.2 Å². The lowest BCUT2D eigenvalue weighted by atomic mass is 10.1. The van der Waals surface area contributed by atoms with Gasteiger partial charge in [0.15, 0.2) is 0 Å². The molecule has 1 atom stereocenters. The van der Waals surface area contributed by atoms with Crippen LogP contribution in [0, 0.1) is 0 Å². The van der Waals surface area contributed by atoms with Crippen molar-refractivity contribution in [1.82, 2.24) is 15.3 Å². The number of hydrogen-bond acceptors (Lipinski definition) is 5. The smallest absolute Gasteiger partial charge is 0.337 e. The molecule has 1 heterocycles. The Kier molecular flexibility index (Phi) is 5.43. The molecule has 0 radical (unpaired) electrons. The van der Waals surface area contributed by atoms with Gasteiger partial charge < -0.3 is 15.7 Å². The summed E-state index contributed by atoms with van der Waals surface area (Å²) in [5, 5.41) is 17.0. The molecule has 6 heteroatoms. The Bertz CT molecular complexity index is 897. The van der Waals surface area contributed by atoms with E-state index >= 15 is 0 Å². The van der Waals surface area contributed by atoms with Gasteiger partial charge in [0.2, 0.25) is 0 Å². The molecule has 6 nitrogen and oxygen atoms in total. The first-order chi connectivity index (χ1) is 12.6. The molecule has 134 valence electrons. The average molecular weight is 350 g/mol. The first-order valence-electron chi connectivity index (χ1n) is 8.58. The molecule has 0 spiro atoms. The molecular formula is C20H22N4O2. The number of para-hydroxylation sites is 1. The highest BCUT2D eigenvalue weighted by atomic mass is 16.4. The standard InChI is InChI=1S/C20H22N4O2/c1-13(2)21-11-17(14-7-4-3-5-8-14)24-19-15-9-6-10-16(20(25)26)18(15)22-12-23-19/h3-10,12-13,17,21H,11H2,1-2H3,(H,25,26)(H,22,23,24)/t17-/m1/s1. The Hall–Kier alpha value is -2.99. The van der Waals surface area contributed by atoms with Crippen molar-refractivity contribution in [2.75, 3.05) is 11.9 Å². The fourth-order valence-corrected chi connectivity index (χ4v) is 2.83. The van der Waals surface area contributed by atoms with E-state index in [4.69, 9.17) is 0 Å². The van der Waals surface area contributed by atoms with Gasteiger partial charge in [0.1, 0.15) is 12.1 Å². The highest BCUT2D eigenvalue weighted by molar-refractivity contribution is 6.04. The molecule has 0 saturated carbocycles. The molecule has 0 bridgehead atoms. The first-order valence-corrected chi connectivity index (χ1v) is 8.58. The summed E-state index contributed by atoms with van der Waals surface area (Å²) in [6, 6.07) is 15.5. The molecule has 3 N–H and O–H groups in total. The van der Waals surface area contributed by atoms with Gasteiger partial charge in [-0.05, 0) is 17.7 Å². The summed E-state index contributed by atoms with van der Waals surface area (Å²) < 4.78 is 0. The second-order valence-corrected chi connectivity index (χ2v) is 6.40. The van der Waals surface area contributed by atoms with E-state index in [0.717, 1.165) is 5.56 Å². The number of rotatable bonds is 7. The second kappa shape index (κ2) is 7.93. The molecule has 0 aliphatic rings. The van der Waals surface area contributed by atoms with Crippen LogP contribution in [0.5, 0.6) is 0 Å². The monoisotopic (exact) mass is 350 g/mol. The zero-order chi connectivity index (χ0) is 18.5. The Morgan fingerprint density at radius 2 is 1.85 bits per heavy atom. The molecule has 2 aromatic carbocycles. The maximum atomic E-state index is 11.5. The summed E-state index contributed by atoms with van der Waals surface area (Å²) in [5.41, 5.74) is 1.73. The average Bonchev–Trinajstić information content (AvgIpc) is 2.65. The summed E-state index contributed by atoms with van der Waals surface area (Å²) >= 11 is 0. The van der Waals surface area contributed by atoms with Gasteiger partial charge in [-0.2, -0.15) is 0 Å². The predicted molar refractivity (Wildman–Crippen MR) is 102 cm³/mol. The van der Waals surface area contributed by atoms with E-state index in [1.54, 1.807) is 12.1 Å². The molecular weight excluding hydrogens is 328 g/mol. The molecule has 0 aliphatic heterocycles. The fourth-order valence-electron chi connectivity index (χ4n) is 2.83. The fraction of sp³-hybridized carbons (Fsp3) is 0.250. The van der Waals surface area contributed by atoms with E-state index in [0.29, 0.717) is 29.3 Å². The van der Waals surface area contributed by atoms with Gasteiger partial charge in [-0.3, -0.25) is 0 Å². The van der Waals surface area contributed by atoms with Crippen LogP contribution in [0.1, 0.15) is 35.8 Å². The number of aromatic nitrogens is 2. The molecule has 0 unspecified atom stereocenters. The van der Waals surface area contributed by atoms with Crippen LogP contribution in [0.2, 0.25) is 0 Å². The van der Waals surface area contributed by atoms with E-state index in [2.05, 4.69) is 46.6 Å². The second-order valence-electron chi connectivity index (χ2n) is 6.40. The normalized spacial score (nSPS) is 12.3. The van der Waals surface area contributed by atoms with Crippen LogP contribution in [-0.2, 0) is 0 Å². The van der Waals surface area contributed by atoms with E-state index in [1.165, 1.54) is 6.33 Å². The lowest BCUT2D eigenvalue weighted by Crippen LogP contribution is -2.31. The summed E-state index contributed by atoms with van der Waals surface area (Å²) in [7, 11) is 0. The van der Waals surface area contributed by atoms with Crippen molar-refractivity contribution in [3.8, 4) is 0 Å². The van der Waals surface area contributed by atoms with Crippen LogP contribution in [0.15, 0.2) is 54.9 Å². The van der Waals surface area contributed by atoms with Crippen molar-refractivity contribution in [2.24, 2.45) is 0 Å². The van der Waals surface area contributed by atoms with Crippen LogP contribution in [0.4, 0.5) is 5.82 Å². The van der Waals surface area contributed by atoms with Crippen molar-refractivity contribution in [3.63, 3.8) is 0 Å². The number of benzene rings is 2. The lowest BCUT2D eigenvalue weighted by Gasteiger charge is -2.22. The van der Waals surface area contributed by atoms with Gasteiger partial charge in [-0.25, -0.2) is 14.8 Å². The number of anilines is 1. The summed E-state index contributed by atoms with van der Waals surface area (Å²) in [5.74, 6) is -0.376. The minimum Gasteiger partial charge on any atom is -0.478 e. The SMILES string of the molecule is CC(C)NC[C@@H](Nc1ncnc2c(C(=O)O)cccc12)c1ccccc1. The molecule has 3 rings (SSSR count). The Morgan fingerprint density at radius 1 is 1.08 bits per heavy atom. The van der Waals surface area contributed by atoms with Crippen LogP contribution < -0.4 is 10.6 Å². The van der Waals surface area contributed by atoms with Gasteiger partial charge in [-0.15, -0.1) is 0 Å². The van der Waals surface area contributed by atoms with Crippen molar-refractivity contribution < 1.29 is 9.90 Å². The van der Waals surface area contributed by atoms with Crippen LogP contribution in [-0.4, -0.2) is 33.6 Å². The third-order valence-electron chi connectivity index (χ3n) is 4.14. The van der Waals surface area contributed by atoms with Gasteiger partial charge in [0.05, 0.1) is 17.1 Å². The molecule has 26 heavy (non-hydrogen) atoms. The van der Waals surface area contributed by atoms with Crippen LogP contribution in [0.3, 0.4) is 0 Å². The molecule has 0 amide bonds. The number of carbonyl (C=O) groups is 1.